The van der Waals surface area contributed by atoms with Gasteiger partial charge >= 0.3 is 0 Å². The highest BCUT2D eigenvalue weighted by Gasteiger charge is 2.32. The molecule has 0 bridgehead atoms. The summed E-state index contributed by atoms with van der Waals surface area (Å²) in [6, 6.07) is 9.23. The van der Waals surface area contributed by atoms with Crippen LogP contribution in [0.25, 0.3) is 22.3 Å². The number of phenols is 2. The fourth-order valence-corrected chi connectivity index (χ4v) is 3.95. The van der Waals surface area contributed by atoms with Crippen molar-refractivity contribution in [1.82, 2.24) is 4.90 Å². The van der Waals surface area contributed by atoms with Gasteiger partial charge in [0.1, 0.15) is 28.2 Å². The van der Waals surface area contributed by atoms with Gasteiger partial charge in [0.05, 0.1) is 17.5 Å². The van der Waals surface area contributed by atoms with E-state index in [1.807, 2.05) is 11.9 Å². The van der Waals surface area contributed by atoms with E-state index in [1.165, 1.54) is 6.07 Å². The minimum Gasteiger partial charge on any atom is -0.507 e. The number of Topliss-reactive ketones (excluding diaryl/α,β-unsaturated/α-hetero) is 1. The van der Waals surface area contributed by atoms with Crippen molar-refractivity contribution in [1.29, 1.82) is 0 Å². The monoisotopic (exact) mass is 399 g/mol. The topological polar surface area (TPSA) is 91.0 Å². The molecule has 0 unspecified atom stereocenters. The van der Waals surface area contributed by atoms with Crippen molar-refractivity contribution in [3.8, 4) is 22.8 Å². The zero-order valence-corrected chi connectivity index (χ0v) is 15.9. The molecule has 0 saturated carbocycles. The highest BCUT2D eigenvalue weighted by Crippen LogP contribution is 2.41. The molecule has 3 aromatic rings. The van der Waals surface area contributed by atoms with Gasteiger partial charge in [-0.3, -0.25) is 14.5 Å². The van der Waals surface area contributed by atoms with E-state index < -0.39 is 17.1 Å². The molecule has 0 amide bonds. The quantitative estimate of drug-likeness (QED) is 0.685. The molecule has 0 radical (unpaired) electrons. The molecule has 2 aromatic carbocycles. The van der Waals surface area contributed by atoms with Crippen LogP contribution in [0.4, 0.5) is 0 Å². The number of phenolic OH excluding ortho intramolecular Hbond substituents is 2. The maximum Gasteiger partial charge on any atom is 0.197 e. The minimum atomic E-state index is -0.621. The molecule has 1 aromatic heterocycles. The molecule has 1 aliphatic rings. The molecule has 6 nitrogen and oxygen atoms in total. The van der Waals surface area contributed by atoms with Crippen molar-refractivity contribution >= 4 is 28.4 Å². The number of ketones is 1. The zero-order chi connectivity index (χ0) is 20.0. The summed E-state index contributed by atoms with van der Waals surface area (Å²) >= 11 is 6.23. The molecule has 2 heterocycles. The van der Waals surface area contributed by atoms with Crippen LogP contribution in [-0.2, 0) is 4.79 Å². The van der Waals surface area contributed by atoms with Crippen molar-refractivity contribution < 1.29 is 19.4 Å². The largest absolute Gasteiger partial charge is 0.507 e. The van der Waals surface area contributed by atoms with Crippen LogP contribution in [0.15, 0.2) is 45.6 Å². The average Bonchev–Trinajstić information content (AvgIpc) is 2.63. The Labute approximate surface area is 165 Å². The third-order valence-electron chi connectivity index (χ3n) is 5.10. The Hall–Kier alpha value is -2.83. The molecule has 1 aliphatic heterocycles. The van der Waals surface area contributed by atoms with Crippen LogP contribution < -0.4 is 5.43 Å². The Kier molecular flexibility index (Phi) is 4.61. The smallest absolute Gasteiger partial charge is 0.197 e. The minimum absolute atomic E-state index is 0.0165. The number of rotatable bonds is 2. The number of fused-ring (bicyclic) bond motifs is 1. The summed E-state index contributed by atoms with van der Waals surface area (Å²) < 4.78 is 5.96. The number of piperidine rings is 1. The van der Waals surface area contributed by atoms with Crippen molar-refractivity contribution in [3.05, 3.63) is 57.2 Å². The Balaban J connectivity index is 2.01. The van der Waals surface area contributed by atoms with Crippen LogP contribution in [-0.4, -0.2) is 41.0 Å². The molecular formula is C21H18ClNO5. The van der Waals surface area contributed by atoms with Crippen LogP contribution in [0.3, 0.4) is 0 Å². The third-order valence-corrected chi connectivity index (χ3v) is 5.43. The van der Waals surface area contributed by atoms with Gasteiger partial charge in [0, 0.05) is 23.3 Å². The van der Waals surface area contributed by atoms with E-state index in [0.717, 1.165) is 6.07 Å². The van der Waals surface area contributed by atoms with E-state index in [9.17, 15) is 19.8 Å². The number of hydrogen-bond acceptors (Lipinski definition) is 6. The standard InChI is InChI=1S/C21H18ClNO5/c1-23-7-6-12(17(27)10-23)19-14(24)8-15(25)20-16(26)9-18(28-21(19)20)11-4-2-3-5-13(11)22/h2-5,8-9,12,24-25H,6-7,10H2,1H3/t12-/m0/s1. The van der Waals surface area contributed by atoms with Crippen molar-refractivity contribution in [2.45, 2.75) is 12.3 Å². The first kappa shape index (κ1) is 18.5. The number of halogens is 1. The first-order valence-corrected chi connectivity index (χ1v) is 9.23. The van der Waals surface area contributed by atoms with Gasteiger partial charge in [-0.05, 0) is 32.1 Å². The predicted octanol–water partition coefficient (Wildman–Crippen LogP) is 3.51. The maximum absolute atomic E-state index is 12.7. The zero-order valence-electron chi connectivity index (χ0n) is 15.1. The molecule has 4 rings (SSSR count). The number of benzene rings is 2. The highest BCUT2D eigenvalue weighted by atomic mass is 35.5. The van der Waals surface area contributed by atoms with Crippen molar-refractivity contribution in [2.24, 2.45) is 0 Å². The van der Waals surface area contributed by atoms with Crippen LogP contribution in [0.5, 0.6) is 11.5 Å². The van der Waals surface area contributed by atoms with Crippen LogP contribution in [0.2, 0.25) is 5.02 Å². The predicted molar refractivity (Wildman–Crippen MR) is 106 cm³/mol. The second-order valence-corrected chi connectivity index (χ2v) is 7.44. The Morgan fingerprint density at radius 1 is 1.14 bits per heavy atom. The number of likely N-dealkylation sites (N-methyl/N-ethyl adjacent to an activating group) is 1. The number of aromatic hydroxyl groups is 2. The van der Waals surface area contributed by atoms with E-state index in [1.54, 1.807) is 24.3 Å². The summed E-state index contributed by atoms with van der Waals surface area (Å²) in [6.07, 6.45) is 0.475. The summed E-state index contributed by atoms with van der Waals surface area (Å²) in [5, 5.41) is 21.1. The number of likely N-dealkylation sites (tertiary alicyclic amines) is 1. The third kappa shape index (κ3) is 3.04. The maximum atomic E-state index is 12.7. The van der Waals surface area contributed by atoms with Crippen molar-refractivity contribution in [3.63, 3.8) is 0 Å². The van der Waals surface area contributed by atoms with Gasteiger partial charge in [0.2, 0.25) is 0 Å². The SMILES string of the molecule is CN1CC[C@H](c2c(O)cc(O)c3c(=O)cc(-c4ccccc4Cl)oc23)C(=O)C1. The summed E-state index contributed by atoms with van der Waals surface area (Å²) in [6.45, 7) is 0.896. The van der Waals surface area contributed by atoms with Gasteiger partial charge in [0.15, 0.2) is 11.2 Å². The van der Waals surface area contributed by atoms with Crippen LogP contribution in [0.1, 0.15) is 17.9 Å². The molecule has 1 fully saturated rings. The lowest BCUT2D eigenvalue weighted by Crippen LogP contribution is -2.37. The first-order valence-electron chi connectivity index (χ1n) is 8.85. The Morgan fingerprint density at radius 3 is 2.61 bits per heavy atom. The fourth-order valence-electron chi connectivity index (χ4n) is 3.72. The normalized spacial score (nSPS) is 17.9. The van der Waals surface area contributed by atoms with Crippen molar-refractivity contribution in [2.75, 3.05) is 20.1 Å². The number of carbonyl (C=O) groups is 1. The second-order valence-electron chi connectivity index (χ2n) is 7.03. The van der Waals surface area contributed by atoms with E-state index in [-0.39, 0.29) is 40.4 Å². The van der Waals surface area contributed by atoms with Gasteiger partial charge in [0.25, 0.3) is 0 Å². The molecule has 28 heavy (non-hydrogen) atoms. The lowest BCUT2D eigenvalue weighted by molar-refractivity contribution is -0.123. The molecule has 1 saturated heterocycles. The van der Waals surface area contributed by atoms with Crippen LogP contribution in [0, 0.1) is 0 Å². The molecule has 0 aliphatic carbocycles. The molecule has 0 spiro atoms. The fraction of sp³-hybridized carbons (Fsp3) is 0.238. The summed E-state index contributed by atoms with van der Waals surface area (Å²) in [5.74, 6) is -1.16. The number of carbonyl (C=O) groups excluding carboxylic acids is 1. The van der Waals surface area contributed by atoms with Gasteiger partial charge < -0.3 is 14.6 Å². The summed E-state index contributed by atoms with van der Waals surface area (Å²) in [4.78, 5) is 27.3. The first-order chi connectivity index (χ1) is 13.4. The molecule has 2 N–H and O–H groups in total. The van der Waals surface area contributed by atoms with E-state index >= 15 is 0 Å². The highest BCUT2D eigenvalue weighted by molar-refractivity contribution is 6.33. The lowest BCUT2D eigenvalue weighted by Gasteiger charge is -2.28. The Morgan fingerprint density at radius 2 is 1.89 bits per heavy atom. The van der Waals surface area contributed by atoms with E-state index in [2.05, 4.69) is 0 Å². The van der Waals surface area contributed by atoms with E-state index in [0.29, 0.717) is 23.6 Å². The molecule has 144 valence electrons. The van der Waals surface area contributed by atoms with Gasteiger partial charge in [-0.15, -0.1) is 0 Å². The molecule has 1 atom stereocenters. The molecule has 7 heteroatoms. The Bertz CT molecular complexity index is 1150. The van der Waals surface area contributed by atoms with E-state index in [4.69, 9.17) is 16.0 Å². The molecular weight excluding hydrogens is 382 g/mol. The average molecular weight is 400 g/mol. The van der Waals surface area contributed by atoms with Crippen LogP contribution >= 0.6 is 11.6 Å². The lowest BCUT2D eigenvalue weighted by atomic mass is 9.86. The number of nitrogens with zero attached hydrogens (tertiary/aromatic N) is 1. The number of hydrogen-bond donors (Lipinski definition) is 2. The summed E-state index contributed by atoms with van der Waals surface area (Å²) in [5.41, 5.74) is 0.279. The van der Waals surface area contributed by atoms with Gasteiger partial charge in [-0.1, -0.05) is 23.7 Å². The van der Waals surface area contributed by atoms with Gasteiger partial charge in [-0.2, -0.15) is 0 Å². The second kappa shape index (κ2) is 6.96. The van der Waals surface area contributed by atoms with Gasteiger partial charge in [-0.25, -0.2) is 0 Å². The summed E-state index contributed by atoms with van der Waals surface area (Å²) in [7, 11) is 1.85.